The van der Waals surface area contributed by atoms with Gasteiger partial charge < -0.3 is 29.6 Å². The number of hydrogen-bond acceptors (Lipinski definition) is 10. The first kappa shape index (κ1) is 50.4. The van der Waals surface area contributed by atoms with Crippen molar-refractivity contribution in [2.75, 3.05) is 77.3 Å². The zero-order chi connectivity index (χ0) is 39.3. The van der Waals surface area contributed by atoms with Gasteiger partial charge in [0, 0.05) is 85.0 Å². The molecule has 10 nitrogen and oxygen atoms in total. The van der Waals surface area contributed by atoms with Gasteiger partial charge in [-0.25, -0.2) is 18.7 Å². The van der Waals surface area contributed by atoms with Crippen LogP contribution < -0.4 is 29.6 Å². The maximum atomic E-state index is 14.7. The molecule has 6 heterocycles. The Morgan fingerprint density at radius 3 is 1.45 bits per heavy atom. The van der Waals surface area contributed by atoms with E-state index in [1.54, 1.807) is 26.4 Å². The predicted molar refractivity (Wildman–Crippen MR) is 250 cm³/mol. The Kier molecular flexibility index (Phi) is 19.1. The second-order valence-electron chi connectivity index (χ2n) is 15.7. The number of aryl methyl sites for hydroxylation is 2. The van der Waals surface area contributed by atoms with Crippen molar-refractivity contribution in [1.29, 1.82) is 0 Å². The van der Waals surface area contributed by atoms with Gasteiger partial charge in [-0.15, -0.1) is 0 Å². The van der Waals surface area contributed by atoms with Crippen LogP contribution in [0.2, 0.25) is 0 Å². The monoisotopic (exact) mass is 870 g/mol. The number of fused-ring (bicyclic) bond motifs is 2. The van der Waals surface area contributed by atoms with Crippen molar-refractivity contribution in [2.24, 2.45) is 11.8 Å². The quantitative estimate of drug-likeness (QED) is 0.161. The van der Waals surface area contributed by atoms with Crippen molar-refractivity contribution in [2.45, 2.75) is 80.3 Å². The SMILES string of the molecule is C.C.COc1cc(C[C@H]2CCN([C@@H](C)c3cc4c(cc3F)NCCO4)C2)cc(C)n1.COc1cc(C[C@H]2CCN([C@H](C)c3cc4c(cc3F)NCCO4)C2)cc(C)n1.S.S. The normalized spacial score (nSPS) is 18.9. The summed E-state index contributed by atoms with van der Waals surface area (Å²) in [6, 6.07) is 15.2. The molecule has 2 aromatic carbocycles. The van der Waals surface area contributed by atoms with Gasteiger partial charge in [-0.05, 0) is 114 Å². The summed E-state index contributed by atoms with van der Waals surface area (Å²) in [7, 11) is 3.30. The fourth-order valence-corrected chi connectivity index (χ4v) is 8.67. The Hall–Kier alpha value is -3.98. The Bertz CT molecular complexity index is 1870. The van der Waals surface area contributed by atoms with E-state index in [0.29, 0.717) is 61.0 Å². The fraction of sp³-hybridized carbons (Fsp3) is 0.522. The molecular formula is C46H68F2N6O4S2. The van der Waals surface area contributed by atoms with E-state index in [9.17, 15) is 8.78 Å². The first-order valence-corrected chi connectivity index (χ1v) is 20.0. The number of hydrogen-bond donors (Lipinski definition) is 2. The number of rotatable bonds is 10. The number of methoxy groups -OCH3 is 2. The highest BCUT2D eigenvalue weighted by Gasteiger charge is 2.31. The molecule has 0 saturated carbocycles. The van der Waals surface area contributed by atoms with Gasteiger partial charge >= 0.3 is 0 Å². The van der Waals surface area contributed by atoms with Crippen LogP contribution in [0.25, 0.3) is 0 Å². The van der Waals surface area contributed by atoms with E-state index in [4.69, 9.17) is 18.9 Å². The van der Waals surface area contributed by atoms with Gasteiger partial charge in [0.15, 0.2) is 0 Å². The van der Waals surface area contributed by atoms with Crippen LogP contribution in [-0.2, 0) is 12.8 Å². The van der Waals surface area contributed by atoms with E-state index in [1.807, 2.05) is 38.1 Å². The molecule has 60 heavy (non-hydrogen) atoms. The lowest BCUT2D eigenvalue weighted by molar-refractivity contribution is 0.246. The van der Waals surface area contributed by atoms with Crippen LogP contribution in [0, 0.1) is 37.3 Å². The van der Waals surface area contributed by atoms with Crippen LogP contribution in [0.1, 0.15) is 87.3 Å². The zero-order valence-electron chi connectivity index (χ0n) is 34.6. The number of ether oxygens (including phenoxy) is 4. The molecule has 0 amide bonds. The molecule has 0 radical (unpaired) electrons. The minimum absolute atomic E-state index is 0. The fourth-order valence-electron chi connectivity index (χ4n) is 8.67. The lowest BCUT2D eigenvalue weighted by atomic mass is 9.98. The number of aromatic nitrogens is 2. The summed E-state index contributed by atoms with van der Waals surface area (Å²) in [6.07, 6.45) is 4.20. The topological polar surface area (TPSA) is 93.2 Å². The molecular weight excluding hydrogens is 803 g/mol. The Morgan fingerprint density at radius 1 is 0.667 bits per heavy atom. The highest BCUT2D eigenvalue weighted by atomic mass is 32.1. The van der Waals surface area contributed by atoms with E-state index in [0.717, 1.165) is 86.1 Å². The van der Waals surface area contributed by atoms with Crippen molar-refractivity contribution < 1.29 is 27.7 Å². The number of likely N-dealkylation sites (tertiary alicyclic amines) is 2. The largest absolute Gasteiger partial charge is 0.490 e. The molecule has 0 bridgehead atoms. The van der Waals surface area contributed by atoms with E-state index >= 15 is 0 Å². The number of benzene rings is 2. The van der Waals surface area contributed by atoms with Crippen molar-refractivity contribution in [3.63, 3.8) is 0 Å². The van der Waals surface area contributed by atoms with Crippen molar-refractivity contribution in [3.8, 4) is 23.3 Å². The Labute approximate surface area is 371 Å². The van der Waals surface area contributed by atoms with Gasteiger partial charge in [0.1, 0.15) is 36.3 Å². The summed E-state index contributed by atoms with van der Waals surface area (Å²) in [4.78, 5) is 13.5. The van der Waals surface area contributed by atoms with Crippen LogP contribution >= 0.6 is 27.0 Å². The highest BCUT2D eigenvalue weighted by molar-refractivity contribution is 7.59. The third kappa shape index (κ3) is 12.1. The van der Waals surface area contributed by atoms with Crippen molar-refractivity contribution >= 4 is 38.4 Å². The Balaban J connectivity index is 0.000000300. The van der Waals surface area contributed by atoms with Gasteiger partial charge in [-0.1, -0.05) is 14.9 Å². The molecule has 0 spiro atoms. The molecule has 4 aromatic rings. The van der Waals surface area contributed by atoms with E-state index in [-0.39, 0.29) is 65.6 Å². The summed E-state index contributed by atoms with van der Waals surface area (Å²) in [5.74, 6) is 3.62. The summed E-state index contributed by atoms with van der Waals surface area (Å²) >= 11 is 0. The average molecular weight is 871 g/mol. The van der Waals surface area contributed by atoms with E-state index in [1.165, 1.54) is 11.1 Å². The molecule has 4 aliphatic rings. The van der Waals surface area contributed by atoms with Crippen LogP contribution in [0.4, 0.5) is 20.2 Å². The molecule has 2 aromatic heterocycles. The summed E-state index contributed by atoms with van der Waals surface area (Å²) in [6.45, 7) is 14.7. The number of anilines is 2. The lowest BCUT2D eigenvalue weighted by Gasteiger charge is -2.27. The molecule has 0 aliphatic carbocycles. The minimum Gasteiger partial charge on any atom is -0.490 e. The van der Waals surface area contributed by atoms with Crippen LogP contribution in [-0.4, -0.2) is 86.5 Å². The van der Waals surface area contributed by atoms with Gasteiger partial charge in [0.05, 0.1) is 25.6 Å². The molecule has 2 N–H and O–H groups in total. The summed E-state index contributed by atoms with van der Waals surface area (Å²) < 4.78 is 51.4. The van der Waals surface area contributed by atoms with Gasteiger partial charge in [-0.3, -0.25) is 9.80 Å². The van der Waals surface area contributed by atoms with Gasteiger partial charge in [0.2, 0.25) is 11.8 Å². The molecule has 2 saturated heterocycles. The van der Waals surface area contributed by atoms with E-state index in [2.05, 4.69) is 56.4 Å². The molecule has 2 fully saturated rings. The minimum atomic E-state index is -0.165. The summed E-state index contributed by atoms with van der Waals surface area (Å²) in [5, 5.41) is 6.39. The second kappa shape index (κ2) is 22.7. The number of pyridine rings is 2. The molecule has 8 rings (SSSR count). The second-order valence-corrected chi connectivity index (χ2v) is 15.7. The Morgan fingerprint density at radius 2 is 1.07 bits per heavy atom. The lowest BCUT2D eigenvalue weighted by Crippen LogP contribution is -2.26. The number of nitrogens with zero attached hydrogens (tertiary/aromatic N) is 4. The molecule has 4 atom stereocenters. The standard InChI is InChI=1S/2C22H28FN3O2.2CH4.2H2S/c2*1-14-8-17(10-22(25-14)27-3)9-16-4-6-26(13-16)15(2)18-11-21-20(12-19(18)23)24-5-7-28-21;;;;/h2*8,10-12,15-16,24H,4-7,9,13H2,1-3H3;2*1H4;2*1H2/t15-,16+;15-,16-;;;;/m01..../s1. The first-order valence-electron chi connectivity index (χ1n) is 20.0. The smallest absolute Gasteiger partial charge is 0.213 e. The maximum Gasteiger partial charge on any atom is 0.213 e. The number of nitrogens with one attached hydrogen (secondary N) is 2. The first-order chi connectivity index (χ1) is 27.1. The van der Waals surface area contributed by atoms with Gasteiger partial charge in [0.25, 0.3) is 0 Å². The molecule has 14 heteroatoms. The average Bonchev–Trinajstić information content (AvgIpc) is 3.86. The third-order valence-corrected chi connectivity index (χ3v) is 11.6. The third-order valence-electron chi connectivity index (χ3n) is 11.6. The van der Waals surface area contributed by atoms with Crippen LogP contribution in [0.5, 0.6) is 23.3 Å². The number of halogens is 2. The van der Waals surface area contributed by atoms with Crippen LogP contribution in [0.3, 0.4) is 0 Å². The molecule has 332 valence electrons. The zero-order valence-corrected chi connectivity index (χ0v) is 36.6. The van der Waals surface area contributed by atoms with Crippen molar-refractivity contribution in [1.82, 2.24) is 19.8 Å². The highest BCUT2D eigenvalue weighted by Crippen LogP contribution is 2.38. The predicted octanol–water partition coefficient (Wildman–Crippen LogP) is 9.43. The van der Waals surface area contributed by atoms with E-state index < -0.39 is 0 Å². The molecule has 4 aliphatic heterocycles. The maximum absolute atomic E-state index is 14.7. The summed E-state index contributed by atoms with van der Waals surface area (Å²) in [5.41, 5.74) is 7.38. The molecule has 0 unspecified atom stereocenters. The van der Waals surface area contributed by atoms with Gasteiger partial charge in [-0.2, -0.15) is 27.0 Å². The van der Waals surface area contributed by atoms with Crippen molar-refractivity contribution in [3.05, 3.63) is 93.8 Å². The van der Waals surface area contributed by atoms with Crippen LogP contribution in [0.15, 0.2) is 48.5 Å².